The van der Waals surface area contributed by atoms with Crippen molar-refractivity contribution in [3.8, 4) is 0 Å². The van der Waals surface area contributed by atoms with Crippen LogP contribution in [-0.4, -0.2) is 31.8 Å². The third kappa shape index (κ3) is 5.89. The third-order valence-corrected chi connectivity index (χ3v) is 2.70. The molecule has 0 aliphatic carbocycles. The molecule has 0 atom stereocenters. The molecule has 2 heteroatoms. The second-order valence-electron chi connectivity index (χ2n) is 4.25. The van der Waals surface area contributed by atoms with Crippen molar-refractivity contribution in [2.45, 2.75) is 26.2 Å². The minimum Gasteiger partial charge on any atom is -0.369 e. The smallest absolute Gasteiger partial charge is 0.0986 e. The molecule has 16 heavy (non-hydrogen) atoms. The predicted octanol–water partition coefficient (Wildman–Crippen LogP) is 3.07. The second kappa shape index (κ2) is 8.31. The Bertz CT molecular complexity index is 252. The normalized spacial score (nSPS) is 16.4. The van der Waals surface area contributed by atoms with Crippen LogP contribution in [0.4, 0.5) is 0 Å². The largest absolute Gasteiger partial charge is 0.369 e. The summed E-state index contributed by atoms with van der Waals surface area (Å²) >= 11 is 0. The van der Waals surface area contributed by atoms with Crippen LogP contribution in [0.5, 0.6) is 0 Å². The Kier molecular flexibility index (Phi) is 6.86. The molecule has 1 aliphatic heterocycles. The number of hydrogen-bond donors (Lipinski definition) is 0. The van der Waals surface area contributed by atoms with E-state index in [-0.39, 0.29) is 0 Å². The number of hydrogen-bond acceptors (Lipinski definition) is 2. The summed E-state index contributed by atoms with van der Waals surface area (Å²) in [5, 5.41) is 0. The Morgan fingerprint density at radius 3 is 2.12 bits per heavy atom. The van der Waals surface area contributed by atoms with Gasteiger partial charge in [-0.2, -0.15) is 0 Å². The number of benzene rings is 1. The van der Waals surface area contributed by atoms with Gasteiger partial charge in [0.1, 0.15) is 0 Å². The number of aryl methyl sites for hydroxylation is 1. The van der Waals surface area contributed by atoms with Gasteiger partial charge < -0.3 is 4.74 Å². The van der Waals surface area contributed by atoms with Crippen LogP contribution in [0.25, 0.3) is 0 Å². The highest BCUT2D eigenvalue weighted by Gasteiger charge is 2.07. The van der Waals surface area contributed by atoms with Gasteiger partial charge in [0.15, 0.2) is 0 Å². The summed E-state index contributed by atoms with van der Waals surface area (Å²) in [4.78, 5) is 2.35. The quantitative estimate of drug-likeness (QED) is 0.761. The number of nitrogens with zero attached hydrogens (tertiary/aromatic N) is 1. The Hall–Kier alpha value is -0.860. The van der Waals surface area contributed by atoms with E-state index in [4.69, 9.17) is 4.74 Å². The molecule has 0 spiro atoms. The van der Waals surface area contributed by atoms with E-state index in [1.165, 1.54) is 37.9 Å². The van der Waals surface area contributed by atoms with E-state index in [1.807, 2.05) is 18.2 Å². The molecule has 0 bridgehead atoms. The Labute approximate surface area is 99.2 Å². The van der Waals surface area contributed by atoms with Gasteiger partial charge in [0.25, 0.3) is 0 Å². The number of likely N-dealkylation sites (tertiary alicyclic amines) is 1. The van der Waals surface area contributed by atoms with E-state index in [0.717, 1.165) is 6.73 Å². The van der Waals surface area contributed by atoms with Crippen LogP contribution >= 0.6 is 0 Å². The van der Waals surface area contributed by atoms with Gasteiger partial charge in [-0.3, -0.25) is 4.90 Å². The number of rotatable bonds is 2. The van der Waals surface area contributed by atoms with Crippen LogP contribution in [0.2, 0.25) is 0 Å². The fourth-order valence-corrected chi connectivity index (χ4v) is 1.81. The van der Waals surface area contributed by atoms with Crippen LogP contribution < -0.4 is 0 Å². The van der Waals surface area contributed by atoms with Gasteiger partial charge in [0.2, 0.25) is 0 Å². The molecule has 0 unspecified atom stereocenters. The zero-order chi connectivity index (χ0) is 11.6. The molecule has 0 aromatic heterocycles. The lowest BCUT2D eigenvalue weighted by molar-refractivity contribution is 0.0507. The first-order chi connectivity index (χ1) is 7.83. The lowest BCUT2D eigenvalue weighted by atomic mass is 10.1. The second-order valence-corrected chi connectivity index (χ2v) is 4.25. The number of piperidine rings is 1. The molecule has 90 valence electrons. The average molecular weight is 221 g/mol. The van der Waals surface area contributed by atoms with Crippen molar-refractivity contribution in [3.63, 3.8) is 0 Å². The molecule has 0 saturated carbocycles. The molecule has 1 aromatic rings. The van der Waals surface area contributed by atoms with Crippen LogP contribution in [-0.2, 0) is 4.74 Å². The van der Waals surface area contributed by atoms with E-state index < -0.39 is 0 Å². The summed E-state index contributed by atoms with van der Waals surface area (Å²) in [6.45, 7) is 5.36. The molecule has 1 saturated heterocycles. The van der Waals surface area contributed by atoms with Crippen molar-refractivity contribution in [1.82, 2.24) is 4.90 Å². The molecular weight excluding hydrogens is 198 g/mol. The summed E-state index contributed by atoms with van der Waals surface area (Å²) in [6, 6.07) is 10.3. The lowest BCUT2D eigenvalue weighted by Gasteiger charge is -2.24. The van der Waals surface area contributed by atoms with E-state index in [2.05, 4.69) is 24.0 Å². The predicted molar refractivity (Wildman–Crippen MR) is 68.5 cm³/mol. The lowest BCUT2D eigenvalue weighted by Crippen LogP contribution is -2.31. The van der Waals surface area contributed by atoms with E-state index >= 15 is 0 Å². The third-order valence-electron chi connectivity index (χ3n) is 2.70. The Morgan fingerprint density at radius 2 is 1.69 bits per heavy atom. The zero-order valence-electron chi connectivity index (χ0n) is 10.5. The van der Waals surface area contributed by atoms with Crippen LogP contribution in [0.1, 0.15) is 24.8 Å². The topological polar surface area (TPSA) is 12.5 Å². The first-order valence-corrected chi connectivity index (χ1v) is 6.06. The maximum atomic E-state index is 5.01. The monoisotopic (exact) mass is 221 g/mol. The molecular formula is C14H23NO. The highest BCUT2D eigenvalue weighted by atomic mass is 16.5. The Morgan fingerprint density at radius 1 is 1.06 bits per heavy atom. The molecule has 1 heterocycles. The first kappa shape index (κ1) is 13.2. The standard InChI is InChI=1S/C7H15NO.C7H8/c1-9-7-8-5-3-2-4-6-8;1-7-5-3-2-4-6-7/h2-7H2,1H3;2-6H,1H3. The highest BCUT2D eigenvalue weighted by molar-refractivity contribution is 5.11. The fraction of sp³-hybridized carbons (Fsp3) is 0.571. The number of ether oxygens (including phenoxy) is 1. The van der Waals surface area contributed by atoms with Crippen LogP contribution in [0.15, 0.2) is 30.3 Å². The SMILES string of the molecule is COCN1CCCCC1.Cc1ccccc1. The summed E-state index contributed by atoms with van der Waals surface area (Å²) in [5.74, 6) is 0. The maximum Gasteiger partial charge on any atom is 0.0986 e. The van der Waals surface area contributed by atoms with Crippen molar-refractivity contribution in [2.24, 2.45) is 0 Å². The van der Waals surface area contributed by atoms with Gasteiger partial charge >= 0.3 is 0 Å². The molecule has 1 fully saturated rings. The van der Waals surface area contributed by atoms with Gasteiger partial charge in [-0.15, -0.1) is 0 Å². The van der Waals surface area contributed by atoms with E-state index in [0.29, 0.717) is 0 Å². The maximum absolute atomic E-state index is 5.01. The summed E-state index contributed by atoms with van der Waals surface area (Å²) < 4.78 is 5.01. The molecule has 1 aromatic carbocycles. The van der Waals surface area contributed by atoms with Gasteiger partial charge in [-0.25, -0.2) is 0 Å². The molecule has 2 nitrogen and oxygen atoms in total. The Balaban J connectivity index is 0.000000165. The highest BCUT2D eigenvalue weighted by Crippen LogP contribution is 2.07. The van der Waals surface area contributed by atoms with Gasteiger partial charge in [-0.1, -0.05) is 42.3 Å². The van der Waals surface area contributed by atoms with Crippen molar-refractivity contribution >= 4 is 0 Å². The van der Waals surface area contributed by atoms with Gasteiger partial charge in [0.05, 0.1) is 6.73 Å². The van der Waals surface area contributed by atoms with Crippen molar-refractivity contribution in [3.05, 3.63) is 35.9 Å². The first-order valence-electron chi connectivity index (χ1n) is 6.06. The van der Waals surface area contributed by atoms with Gasteiger partial charge in [0, 0.05) is 20.2 Å². The zero-order valence-corrected chi connectivity index (χ0v) is 10.5. The van der Waals surface area contributed by atoms with Crippen LogP contribution in [0, 0.1) is 6.92 Å². The number of methoxy groups -OCH3 is 1. The fourth-order valence-electron chi connectivity index (χ4n) is 1.81. The minimum atomic E-state index is 0.819. The summed E-state index contributed by atoms with van der Waals surface area (Å²) in [7, 11) is 1.76. The minimum absolute atomic E-state index is 0.819. The van der Waals surface area contributed by atoms with E-state index in [9.17, 15) is 0 Å². The average Bonchev–Trinajstić information content (AvgIpc) is 2.33. The van der Waals surface area contributed by atoms with E-state index in [1.54, 1.807) is 7.11 Å². The molecule has 0 radical (unpaired) electrons. The van der Waals surface area contributed by atoms with Gasteiger partial charge in [-0.05, 0) is 19.8 Å². The summed E-state index contributed by atoms with van der Waals surface area (Å²) in [5.41, 5.74) is 1.32. The van der Waals surface area contributed by atoms with Crippen molar-refractivity contribution in [2.75, 3.05) is 26.9 Å². The van der Waals surface area contributed by atoms with Crippen molar-refractivity contribution < 1.29 is 4.74 Å². The molecule has 0 amide bonds. The molecule has 0 N–H and O–H groups in total. The molecule has 2 rings (SSSR count). The summed E-state index contributed by atoms with van der Waals surface area (Å²) in [6.07, 6.45) is 4.10. The van der Waals surface area contributed by atoms with Crippen LogP contribution in [0.3, 0.4) is 0 Å². The van der Waals surface area contributed by atoms with Crippen molar-refractivity contribution in [1.29, 1.82) is 0 Å². The molecule has 1 aliphatic rings.